The fraction of sp³-hybridized carbons (Fsp3) is 0.500. The maximum atomic E-state index is 11.0. The van der Waals surface area contributed by atoms with E-state index in [1.54, 1.807) is 0 Å². The average molecular weight is 456 g/mol. The molecule has 2 aromatic rings. The van der Waals surface area contributed by atoms with Crippen LogP contribution in [0.25, 0.3) is 0 Å². The topological polar surface area (TPSA) is 119 Å². The summed E-state index contributed by atoms with van der Waals surface area (Å²) in [5, 5.41) is 0. The molecule has 10 heteroatoms. The number of hydrogen-bond acceptors (Lipinski definition) is 5. The molecule has 3 rings (SSSR count). The molecule has 164 valence electrons. The van der Waals surface area contributed by atoms with Gasteiger partial charge in [-0.3, -0.25) is 4.55 Å². The van der Waals surface area contributed by atoms with Crippen LogP contribution >= 0.6 is 0 Å². The van der Waals surface area contributed by atoms with Crippen molar-refractivity contribution < 1.29 is 35.1 Å². The first kappa shape index (κ1) is 22.8. The molecule has 0 radical (unpaired) electrons. The van der Waals surface area contributed by atoms with Gasteiger partial charge < -0.3 is 4.55 Å². The van der Waals surface area contributed by atoms with Crippen LogP contribution in [-0.2, 0) is 46.2 Å². The lowest BCUT2D eigenvalue weighted by Gasteiger charge is -2.22. The third-order valence-electron chi connectivity index (χ3n) is 5.47. The average Bonchev–Trinajstić information content (AvgIpc) is 2.66. The summed E-state index contributed by atoms with van der Waals surface area (Å²) in [4.78, 5) is 0. The lowest BCUT2D eigenvalue weighted by atomic mass is 9.84. The first-order valence-electron chi connectivity index (χ1n) is 10.00. The van der Waals surface area contributed by atoms with E-state index in [2.05, 4.69) is 10.6 Å². The zero-order valence-electron chi connectivity index (χ0n) is 16.7. The van der Waals surface area contributed by atoms with Crippen molar-refractivity contribution in [3.8, 4) is 0 Å². The number of aromatic nitrogens is 2. The fourth-order valence-electron chi connectivity index (χ4n) is 4.16. The van der Waals surface area contributed by atoms with Crippen molar-refractivity contribution >= 4 is 20.2 Å². The molecule has 8 nitrogen and oxygen atoms in total. The van der Waals surface area contributed by atoms with Gasteiger partial charge in [0.1, 0.15) is 13.1 Å². The second kappa shape index (κ2) is 9.51. The van der Waals surface area contributed by atoms with Gasteiger partial charge in [0, 0.05) is 54.7 Å². The van der Waals surface area contributed by atoms with E-state index in [1.165, 1.54) is 11.3 Å². The normalized spacial score (nSPS) is 16.9. The minimum absolute atomic E-state index is 0.255. The van der Waals surface area contributed by atoms with Gasteiger partial charge in [-0.2, -0.15) is 8.42 Å². The second-order valence-electron chi connectivity index (χ2n) is 7.69. The quantitative estimate of drug-likeness (QED) is 0.440. The molecule has 0 amide bonds. The fourth-order valence-corrected chi connectivity index (χ4v) is 5.13. The Morgan fingerprint density at radius 2 is 1.67 bits per heavy atom. The molecule has 2 heterocycles. The molecular formula is C20H27N2O6S2+. The van der Waals surface area contributed by atoms with Crippen LogP contribution in [0.3, 0.4) is 0 Å². The number of aryl methyl sites for hydroxylation is 2. The van der Waals surface area contributed by atoms with Crippen molar-refractivity contribution in [2.75, 3.05) is 11.5 Å². The number of fused-ring (bicyclic) bond motifs is 1. The Labute approximate surface area is 177 Å². The van der Waals surface area contributed by atoms with E-state index in [9.17, 15) is 21.4 Å². The predicted octanol–water partition coefficient (Wildman–Crippen LogP) is 0.747. The molecule has 0 fully saturated rings. The highest BCUT2D eigenvalue weighted by Gasteiger charge is 2.31. The molecular weight excluding hydrogens is 428 g/mol. The lowest BCUT2D eigenvalue weighted by Crippen LogP contribution is -2.44. The van der Waals surface area contributed by atoms with Crippen LogP contribution in [0.2, 0.25) is 0 Å². The van der Waals surface area contributed by atoms with Crippen LogP contribution in [0.15, 0.2) is 42.7 Å². The van der Waals surface area contributed by atoms with Crippen LogP contribution in [0.1, 0.15) is 42.1 Å². The second-order valence-corrected chi connectivity index (χ2v) is 10.8. The molecule has 30 heavy (non-hydrogen) atoms. The van der Waals surface area contributed by atoms with Gasteiger partial charge in [0.25, 0.3) is 10.1 Å². The molecule has 2 aromatic heterocycles. The van der Waals surface area contributed by atoms with E-state index in [0.717, 1.165) is 25.0 Å². The highest BCUT2D eigenvalue weighted by Crippen LogP contribution is 2.29. The van der Waals surface area contributed by atoms with Gasteiger partial charge in [-0.05, 0) is 18.9 Å². The van der Waals surface area contributed by atoms with E-state index in [0.29, 0.717) is 19.5 Å². The van der Waals surface area contributed by atoms with E-state index >= 15 is 0 Å². The Balaban J connectivity index is 1.72. The monoisotopic (exact) mass is 455 g/mol. The third-order valence-corrected chi connectivity index (χ3v) is 7.06. The highest BCUT2D eigenvalue weighted by atomic mass is 32.2. The van der Waals surface area contributed by atoms with Gasteiger partial charge in [0.05, 0.1) is 15.9 Å². The van der Waals surface area contributed by atoms with Crippen molar-refractivity contribution in [1.29, 1.82) is 0 Å². The molecule has 0 saturated heterocycles. The van der Waals surface area contributed by atoms with Crippen LogP contribution in [0.5, 0.6) is 0 Å². The highest BCUT2D eigenvalue weighted by molar-refractivity contribution is 7.85. The Kier molecular flexibility index (Phi) is 7.22. The summed E-state index contributed by atoms with van der Waals surface area (Å²) >= 11 is 0. The molecule has 0 bridgehead atoms. The molecule has 1 atom stereocenters. The third kappa shape index (κ3) is 6.56. The van der Waals surface area contributed by atoms with Gasteiger partial charge in [0.2, 0.25) is 0 Å². The maximum absolute atomic E-state index is 11.0. The van der Waals surface area contributed by atoms with E-state index in [-0.39, 0.29) is 23.8 Å². The molecule has 1 unspecified atom stereocenters. The summed E-state index contributed by atoms with van der Waals surface area (Å²) in [7, 11) is -8.17. The largest absolute Gasteiger partial charge is 0.748 e. The van der Waals surface area contributed by atoms with Crippen molar-refractivity contribution in [3.05, 3.63) is 59.7 Å². The van der Waals surface area contributed by atoms with Crippen LogP contribution in [0.4, 0.5) is 0 Å². The summed E-state index contributed by atoms with van der Waals surface area (Å²) in [5.41, 5.74) is 3.51. The molecule has 1 aliphatic carbocycles. The Morgan fingerprint density at radius 1 is 0.967 bits per heavy atom. The predicted molar refractivity (Wildman–Crippen MR) is 108 cm³/mol. The van der Waals surface area contributed by atoms with Crippen molar-refractivity contribution in [2.24, 2.45) is 0 Å². The summed E-state index contributed by atoms with van der Waals surface area (Å²) in [6, 6.07) is 9.94. The van der Waals surface area contributed by atoms with Crippen molar-refractivity contribution in [3.63, 3.8) is 0 Å². The summed E-state index contributed by atoms with van der Waals surface area (Å²) in [6.45, 7) is 1.01. The summed E-state index contributed by atoms with van der Waals surface area (Å²) < 4.78 is 67.6. The first-order chi connectivity index (χ1) is 14.1. The number of pyridine rings is 2. The Bertz CT molecular complexity index is 1100. The smallest absolute Gasteiger partial charge is 0.265 e. The molecule has 0 aliphatic heterocycles. The van der Waals surface area contributed by atoms with Gasteiger partial charge in [-0.25, -0.2) is 17.6 Å². The zero-order valence-corrected chi connectivity index (χ0v) is 18.3. The molecule has 0 spiro atoms. The lowest BCUT2D eigenvalue weighted by molar-refractivity contribution is -0.707. The maximum Gasteiger partial charge on any atom is 0.265 e. The van der Waals surface area contributed by atoms with Gasteiger partial charge in [0.15, 0.2) is 23.8 Å². The summed E-state index contributed by atoms with van der Waals surface area (Å²) in [6.07, 6.45) is 7.08. The van der Waals surface area contributed by atoms with Gasteiger partial charge in [-0.15, -0.1) is 0 Å². The van der Waals surface area contributed by atoms with Gasteiger partial charge in [-0.1, -0.05) is 6.07 Å². The SMILES string of the molecule is O=S(=O)([O-])CCC[n+]1ccccc1C1CCc2c(ccc[n+]2CCCS(=O)(=O)O)C1. The standard InChI is InChI=1S/C20H26N2O6S2/c23-29(24,25)14-4-12-21-10-2-1-7-19(21)18-8-9-20-17(16-18)6-3-11-22(20)13-5-15-30(26,27)28/h1-3,6-7,10-11,18H,4-5,8-9,12-16H2/p+1. The minimum Gasteiger partial charge on any atom is -0.748 e. The number of rotatable bonds is 9. The van der Waals surface area contributed by atoms with Gasteiger partial charge >= 0.3 is 0 Å². The number of nitrogens with zero attached hydrogens (tertiary/aromatic N) is 2. The minimum atomic E-state index is -4.21. The molecule has 0 saturated carbocycles. The Morgan fingerprint density at radius 3 is 2.40 bits per heavy atom. The van der Waals surface area contributed by atoms with Crippen LogP contribution < -0.4 is 9.13 Å². The molecule has 1 aliphatic rings. The van der Waals surface area contributed by atoms with E-state index < -0.39 is 20.2 Å². The Hall–Kier alpha value is -1.88. The zero-order chi connectivity index (χ0) is 21.8. The van der Waals surface area contributed by atoms with Crippen molar-refractivity contribution in [1.82, 2.24) is 0 Å². The molecule has 1 N–H and O–H groups in total. The van der Waals surface area contributed by atoms with Crippen molar-refractivity contribution in [2.45, 2.75) is 51.1 Å². The molecule has 0 aromatic carbocycles. The summed E-state index contributed by atoms with van der Waals surface area (Å²) in [5.74, 6) is -0.350. The number of hydrogen-bond donors (Lipinski definition) is 1. The first-order valence-corrected chi connectivity index (χ1v) is 13.2. The van der Waals surface area contributed by atoms with E-state index in [1.807, 2.05) is 41.2 Å². The van der Waals surface area contributed by atoms with Crippen LogP contribution in [-0.4, -0.2) is 37.4 Å². The van der Waals surface area contributed by atoms with E-state index in [4.69, 9.17) is 4.55 Å². The van der Waals surface area contributed by atoms with Crippen LogP contribution in [0, 0.1) is 0 Å².